The van der Waals surface area contributed by atoms with E-state index in [2.05, 4.69) is 44.3 Å². The van der Waals surface area contributed by atoms with Gasteiger partial charge in [0.15, 0.2) is 0 Å². The Morgan fingerprint density at radius 3 is 2.36 bits per heavy atom. The average molecular weight is 301 g/mol. The maximum atomic E-state index is 4.52. The molecule has 0 aliphatic rings. The normalized spacial score (nSPS) is 10.6. The van der Waals surface area contributed by atoms with Gasteiger partial charge in [0, 0.05) is 19.8 Å². The van der Waals surface area contributed by atoms with Crippen molar-refractivity contribution in [2.75, 3.05) is 24.3 Å². The van der Waals surface area contributed by atoms with E-state index in [0.29, 0.717) is 18.4 Å². The van der Waals surface area contributed by atoms with Gasteiger partial charge in [-0.25, -0.2) is 15.0 Å². The van der Waals surface area contributed by atoms with Gasteiger partial charge in [0.2, 0.25) is 11.9 Å². The number of aryl methyl sites for hydroxylation is 3. The van der Waals surface area contributed by atoms with Crippen LogP contribution in [-0.2, 0) is 19.4 Å². The summed E-state index contributed by atoms with van der Waals surface area (Å²) < 4.78 is 0. The molecule has 7 nitrogen and oxygen atoms in total. The average Bonchev–Trinajstić information content (AvgIpc) is 2.52. The fourth-order valence-electron chi connectivity index (χ4n) is 2.09. The largest absolute Gasteiger partial charge is 0.347 e. The van der Waals surface area contributed by atoms with Crippen molar-refractivity contribution in [3.63, 3.8) is 0 Å². The van der Waals surface area contributed by atoms with E-state index in [0.717, 1.165) is 35.6 Å². The van der Waals surface area contributed by atoms with Gasteiger partial charge >= 0.3 is 0 Å². The number of aromatic nitrogens is 5. The lowest BCUT2D eigenvalue weighted by atomic mass is 10.2. The first-order valence-electron chi connectivity index (χ1n) is 7.51. The zero-order valence-electron chi connectivity index (χ0n) is 13.9. The molecule has 0 aromatic carbocycles. The first-order chi connectivity index (χ1) is 10.5. The second-order valence-electron chi connectivity index (χ2n) is 5.28. The molecule has 0 bridgehead atoms. The van der Waals surface area contributed by atoms with E-state index in [9.17, 15) is 0 Å². The molecule has 0 aliphatic heterocycles. The molecule has 0 amide bonds. The van der Waals surface area contributed by atoms with Crippen LogP contribution >= 0.6 is 0 Å². The molecule has 0 radical (unpaired) electrons. The fraction of sp³-hybridized carbons (Fsp3) is 0.533. The van der Waals surface area contributed by atoms with Crippen molar-refractivity contribution in [2.45, 2.75) is 40.2 Å². The van der Waals surface area contributed by atoms with E-state index in [-0.39, 0.29) is 0 Å². The van der Waals surface area contributed by atoms with Gasteiger partial charge in [-0.15, -0.1) is 5.10 Å². The molecule has 0 fully saturated rings. The minimum Gasteiger partial charge on any atom is -0.347 e. The predicted molar refractivity (Wildman–Crippen MR) is 87.0 cm³/mol. The molecule has 1 N–H and O–H groups in total. The van der Waals surface area contributed by atoms with E-state index in [4.69, 9.17) is 0 Å². The van der Waals surface area contributed by atoms with Gasteiger partial charge in [-0.1, -0.05) is 13.8 Å². The summed E-state index contributed by atoms with van der Waals surface area (Å²) in [6.07, 6.45) is 1.70. The van der Waals surface area contributed by atoms with Crippen molar-refractivity contribution in [3.8, 4) is 0 Å². The van der Waals surface area contributed by atoms with Crippen LogP contribution in [-0.4, -0.2) is 39.2 Å². The zero-order valence-corrected chi connectivity index (χ0v) is 13.9. The van der Waals surface area contributed by atoms with Gasteiger partial charge in [-0.05, 0) is 25.8 Å². The van der Waals surface area contributed by atoms with Gasteiger partial charge in [0.05, 0.1) is 23.6 Å². The molecule has 22 heavy (non-hydrogen) atoms. The summed E-state index contributed by atoms with van der Waals surface area (Å²) in [7, 11) is 3.85. The Hall–Kier alpha value is -2.31. The van der Waals surface area contributed by atoms with Gasteiger partial charge < -0.3 is 10.2 Å². The van der Waals surface area contributed by atoms with E-state index >= 15 is 0 Å². The highest BCUT2D eigenvalue weighted by atomic mass is 15.2. The molecular formula is C15H23N7. The number of rotatable bonds is 6. The number of nitrogens with one attached hydrogen (secondary N) is 1. The lowest BCUT2D eigenvalue weighted by molar-refractivity contribution is 0.815. The fourth-order valence-corrected chi connectivity index (χ4v) is 2.09. The van der Waals surface area contributed by atoms with E-state index in [1.54, 1.807) is 0 Å². The van der Waals surface area contributed by atoms with Crippen LogP contribution < -0.4 is 10.2 Å². The van der Waals surface area contributed by atoms with Crippen LogP contribution in [0.15, 0.2) is 6.07 Å². The maximum absolute atomic E-state index is 4.52. The standard InChI is InChI=1S/C15H23N7/c1-6-12-13(7-2)20-21-14(19-12)16-9-11-8-10(3)17-15(18-11)22(4)5/h8H,6-7,9H2,1-5H3,(H,16,19,21). The minimum atomic E-state index is 0.539. The van der Waals surface area contributed by atoms with Gasteiger partial charge in [0.25, 0.3) is 0 Å². The smallest absolute Gasteiger partial charge is 0.243 e. The van der Waals surface area contributed by atoms with Gasteiger partial charge in [-0.2, -0.15) is 5.10 Å². The summed E-state index contributed by atoms with van der Waals surface area (Å²) in [6.45, 7) is 6.64. The Bertz CT molecular complexity index is 640. The summed E-state index contributed by atoms with van der Waals surface area (Å²) in [5.74, 6) is 1.24. The molecule has 0 unspecified atom stereocenters. The van der Waals surface area contributed by atoms with Crippen LogP contribution in [0.2, 0.25) is 0 Å². The molecule has 2 heterocycles. The molecular weight excluding hydrogens is 278 g/mol. The first-order valence-corrected chi connectivity index (χ1v) is 7.51. The van der Waals surface area contributed by atoms with Gasteiger partial charge in [0.1, 0.15) is 0 Å². The van der Waals surface area contributed by atoms with Crippen molar-refractivity contribution < 1.29 is 0 Å². The second kappa shape index (κ2) is 7.11. The molecule has 0 aliphatic carbocycles. The van der Waals surface area contributed by atoms with Crippen LogP contribution in [0.25, 0.3) is 0 Å². The van der Waals surface area contributed by atoms with Crippen LogP contribution in [0.3, 0.4) is 0 Å². The molecule has 7 heteroatoms. The second-order valence-corrected chi connectivity index (χ2v) is 5.28. The van der Waals surface area contributed by atoms with Crippen molar-refractivity contribution in [3.05, 3.63) is 28.8 Å². The highest BCUT2D eigenvalue weighted by molar-refractivity contribution is 5.32. The lowest BCUT2D eigenvalue weighted by Crippen LogP contribution is -2.16. The van der Waals surface area contributed by atoms with Crippen LogP contribution in [0, 0.1) is 6.92 Å². The first kappa shape index (κ1) is 16.1. The topological polar surface area (TPSA) is 79.7 Å². The van der Waals surface area contributed by atoms with Crippen molar-refractivity contribution >= 4 is 11.9 Å². The van der Waals surface area contributed by atoms with Crippen LogP contribution in [0.1, 0.15) is 36.6 Å². The third-order valence-electron chi connectivity index (χ3n) is 3.23. The van der Waals surface area contributed by atoms with Gasteiger partial charge in [-0.3, -0.25) is 0 Å². The third-order valence-corrected chi connectivity index (χ3v) is 3.23. The quantitative estimate of drug-likeness (QED) is 0.871. The Morgan fingerprint density at radius 1 is 1.00 bits per heavy atom. The zero-order chi connectivity index (χ0) is 16.1. The van der Waals surface area contributed by atoms with Crippen LogP contribution in [0.4, 0.5) is 11.9 Å². The summed E-state index contributed by atoms with van der Waals surface area (Å²) in [6, 6.07) is 1.95. The highest BCUT2D eigenvalue weighted by Crippen LogP contribution is 2.10. The molecule has 2 rings (SSSR count). The number of anilines is 2. The van der Waals surface area contributed by atoms with E-state index in [1.807, 2.05) is 32.0 Å². The third kappa shape index (κ3) is 3.87. The Morgan fingerprint density at radius 2 is 1.73 bits per heavy atom. The predicted octanol–water partition coefficient (Wildman–Crippen LogP) is 1.77. The Labute approximate surface area is 131 Å². The van der Waals surface area contributed by atoms with E-state index in [1.165, 1.54) is 0 Å². The molecule has 118 valence electrons. The summed E-state index contributed by atoms with van der Waals surface area (Å²) in [4.78, 5) is 15.3. The monoisotopic (exact) mass is 301 g/mol. The molecule has 0 saturated carbocycles. The molecule has 2 aromatic rings. The maximum Gasteiger partial charge on any atom is 0.243 e. The van der Waals surface area contributed by atoms with Crippen molar-refractivity contribution in [1.82, 2.24) is 25.1 Å². The number of nitrogens with zero attached hydrogens (tertiary/aromatic N) is 6. The van der Waals surface area contributed by atoms with E-state index < -0.39 is 0 Å². The Kier molecular flexibility index (Phi) is 5.19. The molecule has 2 aromatic heterocycles. The molecule has 0 saturated heterocycles. The number of hydrogen-bond donors (Lipinski definition) is 1. The highest BCUT2D eigenvalue weighted by Gasteiger charge is 2.08. The minimum absolute atomic E-state index is 0.539. The summed E-state index contributed by atoms with van der Waals surface area (Å²) in [5, 5.41) is 11.5. The lowest BCUT2D eigenvalue weighted by Gasteiger charge is -2.13. The van der Waals surface area contributed by atoms with Crippen molar-refractivity contribution in [2.24, 2.45) is 0 Å². The molecule has 0 spiro atoms. The summed E-state index contributed by atoms with van der Waals surface area (Å²) in [5.41, 5.74) is 3.79. The number of hydrogen-bond acceptors (Lipinski definition) is 7. The summed E-state index contributed by atoms with van der Waals surface area (Å²) >= 11 is 0. The van der Waals surface area contributed by atoms with Crippen LogP contribution in [0.5, 0.6) is 0 Å². The van der Waals surface area contributed by atoms with Crippen molar-refractivity contribution in [1.29, 1.82) is 0 Å². The Balaban J connectivity index is 2.13. The SMILES string of the molecule is CCc1nnc(NCc2cc(C)nc(N(C)C)n2)nc1CC. The molecule has 0 atom stereocenters.